The van der Waals surface area contributed by atoms with E-state index < -0.39 is 0 Å². The molecule has 1 fully saturated rings. The van der Waals surface area contributed by atoms with E-state index >= 15 is 0 Å². The van der Waals surface area contributed by atoms with Gasteiger partial charge in [0.2, 0.25) is 0 Å². The van der Waals surface area contributed by atoms with Crippen LogP contribution in [0.5, 0.6) is 0 Å². The van der Waals surface area contributed by atoms with E-state index in [2.05, 4.69) is 11.4 Å². The molecule has 0 saturated carbocycles. The predicted molar refractivity (Wildman–Crippen MR) is 86.9 cm³/mol. The van der Waals surface area contributed by atoms with Crippen molar-refractivity contribution in [2.45, 2.75) is 19.8 Å². The zero-order chi connectivity index (χ0) is 14.8. The van der Waals surface area contributed by atoms with Gasteiger partial charge in [0.05, 0.1) is 5.69 Å². The summed E-state index contributed by atoms with van der Waals surface area (Å²) in [6, 6.07) is 6.08. The fraction of sp³-hybridized carbons (Fsp3) is 0.438. The van der Waals surface area contributed by atoms with Crippen molar-refractivity contribution in [1.29, 1.82) is 0 Å². The highest BCUT2D eigenvalue weighted by molar-refractivity contribution is 7.21. The summed E-state index contributed by atoms with van der Waals surface area (Å²) in [5, 5.41) is 3.95. The molecular weight excluding hydrogens is 284 g/mol. The second-order valence-corrected chi connectivity index (χ2v) is 6.67. The van der Waals surface area contributed by atoms with Crippen molar-refractivity contribution < 1.29 is 9.53 Å². The molecule has 112 valence electrons. The summed E-state index contributed by atoms with van der Waals surface area (Å²) >= 11 is 1.47. The smallest absolute Gasteiger partial charge is 0.263 e. The monoisotopic (exact) mass is 304 g/mol. The maximum atomic E-state index is 12.3. The van der Waals surface area contributed by atoms with Crippen LogP contribution in [0.15, 0.2) is 18.2 Å². The lowest BCUT2D eigenvalue weighted by atomic mass is 10.1. The average molecular weight is 304 g/mol. The molecule has 1 aliphatic heterocycles. The summed E-state index contributed by atoms with van der Waals surface area (Å²) in [4.78, 5) is 12.9. The van der Waals surface area contributed by atoms with Crippen molar-refractivity contribution in [3.63, 3.8) is 0 Å². The number of ether oxygens (including phenoxy) is 1. The van der Waals surface area contributed by atoms with Gasteiger partial charge in [0.15, 0.2) is 0 Å². The van der Waals surface area contributed by atoms with E-state index in [0.29, 0.717) is 23.0 Å². The Morgan fingerprint density at radius 2 is 2.38 bits per heavy atom. The summed E-state index contributed by atoms with van der Waals surface area (Å²) in [5.74, 6) is 0.512. The highest BCUT2D eigenvalue weighted by atomic mass is 32.1. The number of hydrogen-bond acceptors (Lipinski definition) is 4. The fourth-order valence-electron chi connectivity index (χ4n) is 2.67. The van der Waals surface area contributed by atoms with Crippen LogP contribution in [-0.2, 0) is 4.74 Å². The van der Waals surface area contributed by atoms with Gasteiger partial charge in [-0.15, -0.1) is 11.3 Å². The first-order valence-electron chi connectivity index (χ1n) is 7.29. The number of thiophene rings is 1. The molecule has 1 aliphatic rings. The van der Waals surface area contributed by atoms with Crippen molar-refractivity contribution in [1.82, 2.24) is 5.32 Å². The van der Waals surface area contributed by atoms with Crippen LogP contribution in [0.3, 0.4) is 0 Å². The van der Waals surface area contributed by atoms with Crippen molar-refractivity contribution in [3.8, 4) is 0 Å². The molecular formula is C16H20N2O2S. The first-order chi connectivity index (χ1) is 10.1. The molecule has 3 rings (SSSR count). The molecule has 0 spiro atoms. The Morgan fingerprint density at radius 3 is 3.14 bits per heavy atom. The van der Waals surface area contributed by atoms with Gasteiger partial charge in [-0.3, -0.25) is 4.79 Å². The number of amides is 1. The number of benzene rings is 1. The SMILES string of the molecule is Cc1ccc2c(N)c(C(=O)NCCC3CCOC3)sc2c1. The van der Waals surface area contributed by atoms with Gasteiger partial charge in [-0.2, -0.15) is 0 Å². The molecule has 1 unspecified atom stereocenters. The molecule has 2 heterocycles. The Kier molecular flexibility index (Phi) is 4.12. The molecule has 4 nitrogen and oxygen atoms in total. The normalized spacial score (nSPS) is 18.2. The maximum Gasteiger partial charge on any atom is 0.263 e. The highest BCUT2D eigenvalue weighted by Gasteiger charge is 2.18. The number of carbonyl (C=O) groups excluding carboxylic acids is 1. The van der Waals surface area contributed by atoms with Gasteiger partial charge in [-0.05, 0) is 37.3 Å². The van der Waals surface area contributed by atoms with E-state index in [1.165, 1.54) is 16.9 Å². The lowest BCUT2D eigenvalue weighted by Gasteiger charge is -2.08. The van der Waals surface area contributed by atoms with Crippen LogP contribution in [-0.4, -0.2) is 25.7 Å². The third-order valence-electron chi connectivity index (χ3n) is 3.95. The van der Waals surface area contributed by atoms with Crippen LogP contribution >= 0.6 is 11.3 Å². The molecule has 1 saturated heterocycles. The Bertz CT molecular complexity index is 660. The standard InChI is InChI=1S/C16H20N2O2S/c1-10-2-3-12-13(8-10)21-15(14(12)17)16(19)18-6-4-11-5-7-20-9-11/h2-3,8,11H,4-7,9,17H2,1H3,(H,18,19). The minimum atomic E-state index is -0.0646. The van der Waals surface area contributed by atoms with Crippen LogP contribution in [0.2, 0.25) is 0 Å². The zero-order valence-corrected chi connectivity index (χ0v) is 13.0. The Balaban J connectivity index is 1.67. The third kappa shape index (κ3) is 3.04. The van der Waals surface area contributed by atoms with E-state index in [0.717, 1.165) is 36.1 Å². The van der Waals surface area contributed by atoms with E-state index in [4.69, 9.17) is 10.5 Å². The largest absolute Gasteiger partial charge is 0.397 e. The summed E-state index contributed by atoms with van der Waals surface area (Å²) < 4.78 is 6.41. The number of fused-ring (bicyclic) bond motifs is 1. The van der Waals surface area contributed by atoms with Crippen LogP contribution in [0.1, 0.15) is 28.1 Å². The van der Waals surface area contributed by atoms with Crippen LogP contribution in [0.25, 0.3) is 10.1 Å². The molecule has 3 N–H and O–H groups in total. The van der Waals surface area contributed by atoms with Crippen molar-refractivity contribution in [2.75, 3.05) is 25.5 Å². The van der Waals surface area contributed by atoms with E-state index in [9.17, 15) is 4.79 Å². The van der Waals surface area contributed by atoms with Crippen molar-refractivity contribution in [3.05, 3.63) is 28.6 Å². The minimum absolute atomic E-state index is 0.0646. The number of hydrogen-bond donors (Lipinski definition) is 2. The predicted octanol–water partition coefficient (Wildman–Crippen LogP) is 2.95. The summed E-state index contributed by atoms with van der Waals surface area (Å²) in [6.45, 7) is 4.39. The molecule has 0 aliphatic carbocycles. The van der Waals surface area contributed by atoms with Gasteiger partial charge in [0.1, 0.15) is 4.88 Å². The lowest BCUT2D eigenvalue weighted by Crippen LogP contribution is -2.25. The van der Waals surface area contributed by atoms with Crippen LogP contribution < -0.4 is 11.1 Å². The number of anilines is 1. The summed E-state index contributed by atoms with van der Waals surface area (Å²) in [6.07, 6.45) is 2.07. The zero-order valence-electron chi connectivity index (χ0n) is 12.1. The molecule has 0 radical (unpaired) electrons. The Labute approximate surface area is 128 Å². The molecule has 21 heavy (non-hydrogen) atoms. The number of carbonyl (C=O) groups is 1. The molecule has 1 atom stereocenters. The Morgan fingerprint density at radius 1 is 1.52 bits per heavy atom. The van der Waals surface area contributed by atoms with Gasteiger partial charge in [0.25, 0.3) is 5.91 Å². The molecule has 0 bridgehead atoms. The van der Waals surface area contributed by atoms with Crippen molar-refractivity contribution >= 4 is 33.0 Å². The second kappa shape index (κ2) is 6.03. The van der Waals surface area contributed by atoms with E-state index in [1.807, 2.05) is 19.1 Å². The number of aryl methyl sites for hydroxylation is 1. The van der Waals surface area contributed by atoms with Gasteiger partial charge < -0.3 is 15.8 Å². The highest BCUT2D eigenvalue weighted by Crippen LogP contribution is 2.34. The van der Waals surface area contributed by atoms with Crippen LogP contribution in [0.4, 0.5) is 5.69 Å². The molecule has 5 heteroatoms. The number of nitrogens with two attached hydrogens (primary N) is 1. The summed E-state index contributed by atoms with van der Waals surface area (Å²) in [5.41, 5.74) is 7.89. The first-order valence-corrected chi connectivity index (χ1v) is 8.11. The third-order valence-corrected chi connectivity index (χ3v) is 5.12. The van der Waals surface area contributed by atoms with Gasteiger partial charge >= 0.3 is 0 Å². The lowest BCUT2D eigenvalue weighted by molar-refractivity contribution is 0.0955. The number of nitrogen functional groups attached to an aromatic ring is 1. The molecule has 1 aromatic carbocycles. The average Bonchev–Trinajstić information content (AvgIpc) is 3.07. The quantitative estimate of drug-likeness (QED) is 0.913. The minimum Gasteiger partial charge on any atom is -0.397 e. The van der Waals surface area contributed by atoms with E-state index in [1.54, 1.807) is 0 Å². The molecule has 2 aromatic rings. The topological polar surface area (TPSA) is 64.4 Å². The van der Waals surface area contributed by atoms with Gasteiger partial charge in [0, 0.05) is 29.8 Å². The van der Waals surface area contributed by atoms with E-state index in [-0.39, 0.29) is 5.91 Å². The molecule has 1 amide bonds. The summed E-state index contributed by atoms with van der Waals surface area (Å²) in [7, 11) is 0. The number of rotatable bonds is 4. The fourth-order valence-corrected chi connectivity index (χ4v) is 3.81. The Hall–Kier alpha value is -1.59. The van der Waals surface area contributed by atoms with Gasteiger partial charge in [-0.1, -0.05) is 12.1 Å². The van der Waals surface area contributed by atoms with Crippen LogP contribution in [0, 0.1) is 12.8 Å². The van der Waals surface area contributed by atoms with Crippen molar-refractivity contribution in [2.24, 2.45) is 5.92 Å². The molecule has 1 aromatic heterocycles. The second-order valence-electron chi connectivity index (χ2n) is 5.62. The number of nitrogens with one attached hydrogen (secondary N) is 1. The first kappa shape index (κ1) is 14.4. The van der Waals surface area contributed by atoms with Gasteiger partial charge in [-0.25, -0.2) is 0 Å². The maximum absolute atomic E-state index is 12.3.